The van der Waals surface area contributed by atoms with Crippen LogP contribution in [-0.2, 0) is 20.2 Å². The van der Waals surface area contributed by atoms with Gasteiger partial charge in [0.2, 0.25) is 0 Å². The number of hydrogen-bond acceptors (Lipinski definition) is 12. The van der Waals surface area contributed by atoms with Gasteiger partial charge in [0.25, 0.3) is 0 Å². The highest BCUT2D eigenvalue weighted by Gasteiger charge is 2.25. The monoisotopic (exact) mass is 928 g/mol. The molecule has 6 amide bonds. The molecule has 7 rings (SSSR count). The first-order chi connectivity index (χ1) is 31.8. The van der Waals surface area contributed by atoms with E-state index < -0.39 is 54.3 Å². The molecular weight excluding hydrogens is 893 g/mol. The van der Waals surface area contributed by atoms with Crippen molar-refractivity contribution < 1.29 is 53.9 Å². The summed E-state index contributed by atoms with van der Waals surface area (Å²) in [5.41, 5.74) is 1.33. The van der Waals surface area contributed by atoms with Gasteiger partial charge in [0, 0.05) is 22.7 Å². The van der Waals surface area contributed by atoms with Crippen molar-refractivity contribution in [2.75, 3.05) is 31.9 Å². The van der Waals surface area contributed by atoms with Gasteiger partial charge in [-0.1, -0.05) is 66.7 Å². The van der Waals surface area contributed by atoms with Gasteiger partial charge in [-0.2, -0.15) is 16.8 Å². The second-order valence-electron chi connectivity index (χ2n) is 13.5. The van der Waals surface area contributed by atoms with Gasteiger partial charge in [0.15, 0.2) is 11.5 Å². The van der Waals surface area contributed by atoms with E-state index in [2.05, 4.69) is 31.9 Å². The highest BCUT2D eigenvalue weighted by atomic mass is 32.2. The van der Waals surface area contributed by atoms with Gasteiger partial charge in [-0.25, -0.2) is 19.2 Å². The minimum absolute atomic E-state index is 0.0454. The van der Waals surface area contributed by atoms with Gasteiger partial charge in [-0.15, -0.1) is 0 Å². The highest BCUT2D eigenvalue weighted by molar-refractivity contribution is 7.88. The smallest absolute Gasteiger partial charge is 0.410 e. The van der Waals surface area contributed by atoms with Crippen molar-refractivity contribution >= 4 is 78.6 Å². The number of ether oxygens (including phenoxy) is 2. The molecule has 20 heteroatoms. The molecule has 0 atom stereocenters. The van der Waals surface area contributed by atoms with Crippen LogP contribution in [-0.4, -0.2) is 41.1 Å². The molecule has 0 aliphatic heterocycles. The zero-order valence-corrected chi connectivity index (χ0v) is 35.7. The van der Waals surface area contributed by atoms with Crippen LogP contribution >= 0.6 is 0 Å². The third-order valence-corrected chi connectivity index (χ3v) is 11.2. The Bertz CT molecular complexity index is 2880. The quantitative estimate of drug-likeness (QED) is 0.0558. The molecule has 0 bridgehead atoms. The van der Waals surface area contributed by atoms with Crippen molar-refractivity contribution in [3.63, 3.8) is 0 Å². The van der Waals surface area contributed by atoms with Gasteiger partial charge < -0.3 is 39.1 Å². The number of carbonyl (C=O) groups excluding carboxylic acids is 4. The molecule has 0 saturated carbocycles. The molecule has 0 heterocycles. The Balaban J connectivity index is 0.943. The molecule has 0 unspecified atom stereocenters. The summed E-state index contributed by atoms with van der Waals surface area (Å²) in [5, 5.41) is 15.4. The average Bonchev–Trinajstić information content (AvgIpc) is 3.29. The summed E-state index contributed by atoms with van der Waals surface area (Å²) in [4.78, 5) is 49.2. The van der Waals surface area contributed by atoms with E-state index in [4.69, 9.17) is 17.8 Å². The van der Waals surface area contributed by atoms with Crippen LogP contribution < -0.4 is 49.7 Å². The summed E-state index contributed by atoms with van der Waals surface area (Å²) in [6.45, 7) is 0. The Hall–Kier alpha value is -8.88. The summed E-state index contributed by atoms with van der Waals surface area (Å²) in [7, 11) is -9.45. The third-order valence-electron chi connectivity index (χ3n) is 8.74. The van der Waals surface area contributed by atoms with Crippen molar-refractivity contribution in [2.45, 2.75) is 9.79 Å². The topological polar surface area (TPSA) is 246 Å². The van der Waals surface area contributed by atoms with E-state index in [1.165, 1.54) is 103 Å². The van der Waals surface area contributed by atoms with Crippen LogP contribution in [0.3, 0.4) is 0 Å². The van der Waals surface area contributed by atoms with Gasteiger partial charge >= 0.3 is 44.5 Å². The van der Waals surface area contributed by atoms with Crippen LogP contribution in [0.25, 0.3) is 0 Å². The number of para-hydroxylation sites is 6. The Labute approximate surface area is 377 Å². The van der Waals surface area contributed by atoms with Crippen molar-refractivity contribution in [3.05, 3.63) is 182 Å². The molecular formula is C46H36N6O12S2. The number of benzene rings is 7. The number of carbonyl (C=O) groups is 4. The molecule has 18 nitrogen and oxygen atoms in total. The van der Waals surface area contributed by atoms with Crippen molar-refractivity contribution in [2.24, 2.45) is 0 Å². The summed E-state index contributed by atoms with van der Waals surface area (Å²) in [6.07, 6.45) is -1.43. The molecule has 0 radical (unpaired) electrons. The van der Waals surface area contributed by atoms with Gasteiger partial charge in [0.05, 0.1) is 11.4 Å². The fraction of sp³-hybridized carbons (Fsp3) is 0. The molecule has 334 valence electrons. The zero-order valence-electron chi connectivity index (χ0n) is 34.0. The third kappa shape index (κ3) is 12.6. The number of rotatable bonds is 14. The number of hydrogen-bond donors (Lipinski definition) is 6. The predicted molar refractivity (Wildman–Crippen MR) is 245 cm³/mol. The maximum atomic E-state index is 13.5. The summed E-state index contributed by atoms with van der Waals surface area (Å²) < 4.78 is 75.3. The molecule has 6 N–H and O–H groups in total. The van der Waals surface area contributed by atoms with Crippen molar-refractivity contribution in [1.29, 1.82) is 0 Å². The van der Waals surface area contributed by atoms with E-state index >= 15 is 0 Å². The number of anilines is 6. The zero-order chi connectivity index (χ0) is 46.5. The van der Waals surface area contributed by atoms with E-state index in [0.717, 1.165) is 18.2 Å². The van der Waals surface area contributed by atoms with Gasteiger partial charge in [0.1, 0.15) is 21.3 Å². The number of amides is 6. The second-order valence-corrected chi connectivity index (χ2v) is 16.6. The molecule has 7 aromatic carbocycles. The van der Waals surface area contributed by atoms with Gasteiger partial charge in [-0.3, -0.25) is 10.6 Å². The summed E-state index contributed by atoms with van der Waals surface area (Å²) in [5.74, 6) is 0.132. The highest BCUT2D eigenvalue weighted by Crippen LogP contribution is 2.31. The molecule has 7 aromatic rings. The summed E-state index contributed by atoms with van der Waals surface area (Å²) >= 11 is 0. The standard InChI is InChI=1S/C46H36N6O12S2/c53-43(47-31-22-26-33(27-23-31)49-45(55)61-35-12-3-1-4-13-35)51-39-18-7-9-20-41(39)63-65(57,58)37-16-11-17-38(30-37)66(59,60)64-42-21-10-8-19-40(42)52-44(54)48-32-24-28-34(29-25-32)50-46(56)62-36-14-5-2-6-15-36/h1-30H,(H,49,55)(H,50,56)(H2,47,51,53)(H2,48,52,54). The van der Waals surface area contributed by atoms with E-state index in [9.17, 15) is 36.0 Å². The largest absolute Gasteiger partial charge is 0.417 e. The molecule has 0 saturated heterocycles. The molecule has 0 aliphatic carbocycles. The number of urea groups is 2. The van der Waals surface area contributed by atoms with Crippen LogP contribution in [0.1, 0.15) is 0 Å². The minimum Gasteiger partial charge on any atom is -0.410 e. The van der Waals surface area contributed by atoms with E-state index in [1.54, 1.807) is 60.7 Å². The predicted octanol–water partition coefficient (Wildman–Crippen LogP) is 9.73. The molecule has 0 fully saturated rings. The number of nitrogens with one attached hydrogen (secondary N) is 6. The second kappa shape index (κ2) is 20.5. The Morgan fingerprint density at radius 3 is 1.06 bits per heavy atom. The van der Waals surface area contributed by atoms with Crippen LogP contribution in [0.4, 0.5) is 53.3 Å². The molecule has 0 aliphatic rings. The van der Waals surface area contributed by atoms with Crippen LogP contribution in [0, 0.1) is 0 Å². The van der Waals surface area contributed by atoms with E-state index in [0.29, 0.717) is 34.2 Å². The minimum atomic E-state index is -4.73. The molecule has 66 heavy (non-hydrogen) atoms. The maximum absolute atomic E-state index is 13.5. The summed E-state index contributed by atoms with van der Waals surface area (Å²) in [6, 6.07) is 43.1. The average molecular weight is 929 g/mol. The Morgan fingerprint density at radius 1 is 0.348 bits per heavy atom. The Morgan fingerprint density at radius 2 is 0.682 bits per heavy atom. The first-order valence-electron chi connectivity index (χ1n) is 19.4. The first kappa shape index (κ1) is 45.2. The lowest BCUT2D eigenvalue weighted by atomic mass is 10.3. The van der Waals surface area contributed by atoms with E-state index in [1.807, 2.05) is 0 Å². The fourth-order valence-corrected chi connectivity index (χ4v) is 7.79. The SMILES string of the molecule is O=C(Nc1ccc(NC(=O)Oc2ccccc2)cc1)Nc1ccccc1OS(=O)(=O)c1cccc(S(=O)(=O)Oc2ccccc2NC(=O)Nc2ccc(NC(=O)Oc3ccccc3)cc2)c1. The Kier molecular flexibility index (Phi) is 14.0. The van der Waals surface area contributed by atoms with Crippen LogP contribution in [0.5, 0.6) is 23.0 Å². The lowest BCUT2D eigenvalue weighted by Crippen LogP contribution is -2.21. The van der Waals surface area contributed by atoms with Crippen LogP contribution in [0.2, 0.25) is 0 Å². The first-order valence-corrected chi connectivity index (χ1v) is 22.2. The normalized spacial score (nSPS) is 10.9. The van der Waals surface area contributed by atoms with Gasteiger partial charge in [-0.05, 0) is 115 Å². The van der Waals surface area contributed by atoms with Crippen LogP contribution in [0.15, 0.2) is 192 Å². The maximum Gasteiger partial charge on any atom is 0.417 e. The van der Waals surface area contributed by atoms with Crippen molar-refractivity contribution in [1.82, 2.24) is 0 Å². The lowest BCUT2D eigenvalue weighted by Gasteiger charge is -2.15. The fourth-order valence-electron chi connectivity index (χ4n) is 5.72. The molecule has 0 aromatic heterocycles. The lowest BCUT2D eigenvalue weighted by molar-refractivity contribution is 0.214. The van der Waals surface area contributed by atoms with Crippen molar-refractivity contribution in [3.8, 4) is 23.0 Å². The molecule has 0 spiro atoms. The van der Waals surface area contributed by atoms with E-state index in [-0.39, 0.29) is 22.9 Å².